The van der Waals surface area contributed by atoms with Crippen molar-refractivity contribution in [3.63, 3.8) is 0 Å². The first-order chi connectivity index (χ1) is 16.8. The first-order valence-corrected chi connectivity index (χ1v) is 8.97. The molecule has 21 heteroatoms. The third kappa shape index (κ3) is 4.56. The van der Waals surface area contributed by atoms with E-state index in [0.717, 1.165) is 0 Å². The van der Waals surface area contributed by atoms with Crippen molar-refractivity contribution in [1.29, 1.82) is 0 Å². The molecule has 0 saturated heterocycles. The average molecular weight is 513 g/mol. The molecule has 0 unspecified atom stereocenters. The molecule has 0 saturated carbocycles. The molecule has 0 amide bonds. The highest BCUT2D eigenvalue weighted by Gasteiger charge is 2.47. The number of nitro groups is 6. The highest BCUT2D eigenvalue weighted by Crippen LogP contribution is 2.56. The highest BCUT2D eigenvalue weighted by molar-refractivity contribution is 6.01. The van der Waals surface area contributed by atoms with Gasteiger partial charge in [-0.2, -0.15) is 0 Å². The van der Waals surface area contributed by atoms with Crippen LogP contribution in [0.3, 0.4) is 0 Å². The summed E-state index contributed by atoms with van der Waals surface area (Å²) < 4.78 is 4.65. The van der Waals surface area contributed by atoms with Crippen LogP contribution in [0.25, 0.3) is 11.1 Å². The van der Waals surface area contributed by atoms with Crippen LogP contribution in [0.15, 0.2) is 12.1 Å². The monoisotopic (exact) mass is 513 g/mol. The molecule has 0 aromatic heterocycles. The van der Waals surface area contributed by atoms with E-state index in [1.54, 1.807) is 0 Å². The summed E-state index contributed by atoms with van der Waals surface area (Å²) in [5, 5.41) is 81.4. The van der Waals surface area contributed by atoms with Gasteiger partial charge in [0.05, 0.1) is 55.4 Å². The van der Waals surface area contributed by atoms with Gasteiger partial charge in [-0.15, -0.1) is 0 Å². The second-order valence-electron chi connectivity index (χ2n) is 6.38. The van der Waals surface area contributed by atoms with Crippen molar-refractivity contribution in [2.45, 2.75) is 0 Å². The lowest BCUT2D eigenvalue weighted by Gasteiger charge is -2.13. The van der Waals surface area contributed by atoms with Gasteiger partial charge in [-0.1, -0.05) is 0 Å². The fraction of sp³-hybridized carbons (Fsp3) is 0.200. The standard InChI is InChI=1S/C15H11N7O14/c1-36-15-9(20(30)31)5-7(18(26)27)11(14(15)22(34)35)10-6(17(24)25)4-8(19(28)29)12(16-2-3-23)13(10)21(32)33/h4-5,16,23H,2-3H2,1H3. The zero-order valence-corrected chi connectivity index (χ0v) is 17.5. The fourth-order valence-electron chi connectivity index (χ4n) is 3.24. The van der Waals surface area contributed by atoms with Gasteiger partial charge in [0.2, 0.25) is 0 Å². The molecular formula is C15H11N7O14. The Hall–Kier alpha value is -5.60. The summed E-state index contributed by atoms with van der Waals surface area (Å²) >= 11 is 0. The van der Waals surface area contributed by atoms with Crippen LogP contribution in [0.4, 0.5) is 39.8 Å². The first kappa shape index (κ1) is 26.7. The van der Waals surface area contributed by atoms with Gasteiger partial charge in [0.15, 0.2) is 16.8 Å². The minimum absolute atomic E-state index is 0.136. The Morgan fingerprint density at radius 3 is 1.47 bits per heavy atom. The summed E-state index contributed by atoms with van der Waals surface area (Å²) in [6.45, 7) is -1.35. The van der Waals surface area contributed by atoms with Crippen molar-refractivity contribution in [2.75, 3.05) is 25.6 Å². The number of nitrogens with one attached hydrogen (secondary N) is 1. The summed E-state index contributed by atoms with van der Waals surface area (Å²) in [6.07, 6.45) is 0. The largest absolute Gasteiger partial charge is 0.485 e. The second kappa shape index (κ2) is 10.1. The zero-order chi connectivity index (χ0) is 27.5. The van der Waals surface area contributed by atoms with E-state index in [2.05, 4.69) is 10.1 Å². The number of benzene rings is 2. The van der Waals surface area contributed by atoms with Gasteiger partial charge in [-0.25, -0.2) is 0 Å². The Bertz CT molecular complexity index is 1340. The molecule has 21 nitrogen and oxygen atoms in total. The van der Waals surface area contributed by atoms with E-state index in [1.807, 2.05) is 0 Å². The summed E-state index contributed by atoms with van der Waals surface area (Å²) in [5.74, 6) is -1.24. The first-order valence-electron chi connectivity index (χ1n) is 8.97. The quantitative estimate of drug-likeness (QED) is 0.321. The molecule has 0 aliphatic rings. The number of rotatable bonds is 11. The van der Waals surface area contributed by atoms with E-state index >= 15 is 0 Å². The van der Waals surface area contributed by atoms with Crippen LogP contribution in [-0.2, 0) is 0 Å². The Morgan fingerprint density at radius 2 is 1.11 bits per heavy atom. The van der Waals surface area contributed by atoms with Crippen LogP contribution in [0, 0.1) is 60.7 Å². The SMILES string of the molecule is COc1c([N+](=O)[O-])cc([N+](=O)[O-])c(-c2c([N+](=O)[O-])cc([N+](=O)[O-])c(NCCO)c2[N+](=O)[O-])c1[N+](=O)[O-]. The maximum Gasteiger partial charge on any atom is 0.333 e. The number of hydrogen-bond acceptors (Lipinski definition) is 15. The highest BCUT2D eigenvalue weighted by atomic mass is 16.7. The van der Waals surface area contributed by atoms with Crippen molar-refractivity contribution in [1.82, 2.24) is 0 Å². The number of aliphatic hydroxyl groups excluding tert-OH is 1. The molecule has 0 fully saturated rings. The predicted octanol–water partition coefficient (Wildman–Crippen LogP) is 2.22. The summed E-state index contributed by atoms with van der Waals surface area (Å²) in [5.41, 5.74) is -12.8. The van der Waals surface area contributed by atoms with Crippen LogP contribution in [0.5, 0.6) is 5.75 Å². The van der Waals surface area contributed by atoms with Gasteiger partial charge in [0.1, 0.15) is 0 Å². The molecule has 0 spiro atoms. The van der Waals surface area contributed by atoms with Crippen molar-refractivity contribution in [3.8, 4) is 16.9 Å². The number of anilines is 1. The molecule has 0 radical (unpaired) electrons. The molecule has 0 atom stereocenters. The maximum atomic E-state index is 12.0. The van der Waals surface area contributed by atoms with Crippen LogP contribution < -0.4 is 10.1 Å². The fourth-order valence-corrected chi connectivity index (χ4v) is 3.24. The van der Waals surface area contributed by atoms with Gasteiger partial charge >= 0.3 is 22.7 Å². The normalized spacial score (nSPS) is 10.4. The van der Waals surface area contributed by atoms with E-state index in [4.69, 9.17) is 5.11 Å². The number of methoxy groups -OCH3 is 1. The van der Waals surface area contributed by atoms with Gasteiger partial charge in [0.25, 0.3) is 17.1 Å². The maximum absolute atomic E-state index is 12.0. The van der Waals surface area contributed by atoms with E-state index in [1.165, 1.54) is 0 Å². The van der Waals surface area contributed by atoms with Crippen molar-refractivity contribution in [2.24, 2.45) is 0 Å². The Morgan fingerprint density at radius 1 is 0.694 bits per heavy atom. The smallest absolute Gasteiger partial charge is 0.333 e. The van der Waals surface area contributed by atoms with Gasteiger partial charge in [0, 0.05) is 6.54 Å². The number of hydrogen-bond donors (Lipinski definition) is 2. The number of ether oxygens (including phenoxy) is 1. The Balaban J connectivity index is 3.41. The van der Waals surface area contributed by atoms with Crippen LogP contribution in [0.1, 0.15) is 0 Å². The van der Waals surface area contributed by atoms with Crippen LogP contribution in [-0.4, -0.2) is 54.9 Å². The molecule has 2 rings (SSSR count). The lowest BCUT2D eigenvalue weighted by atomic mass is 9.95. The van der Waals surface area contributed by atoms with E-state index in [9.17, 15) is 60.7 Å². The molecule has 0 aliphatic carbocycles. The molecule has 2 aromatic rings. The number of nitrogens with zero attached hydrogens (tertiary/aromatic N) is 6. The number of nitro benzene ring substituents is 6. The topological polar surface area (TPSA) is 300 Å². The lowest BCUT2D eigenvalue weighted by molar-refractivity contribution is -0.405. The lowest BCUT2D eigenvalue weighted by Crippen LogP contribution is -2.12. The molecule has 36 heavy (non-hydrogen) atoms. The second-order valence-corrected chi connectivity index (χ2v) is 6.38. The minimum Gasteiger partial charge on any atom is -0.485 e. The van der Waals surface area contributed by atoms with E-state index < -0.39 is 99.4 Å². The van der Waals surface area contributed by atoms with E-state index in [0.29, 0.717) is 7.11 Å². The zero-order valence-electron chi connectivity index (χ0n) is 17.5. The molecule has 2 N–H and O–H groups in total. The molecule has 0 bridgehead atoms. The summed E-state index contributed by atoms with van der Waals surface area (Å²) in [6, 6.07) is 0.292. The van der Waals surface area contributed by atoms with Gasteiger partial charge < -0.3 is 15.2 Å². The minimum atomic E-state index is -1.62. The van der Waals surface area contributed by atoms with E-state index in [-0.39, 0.29) is 12.1 Å². The van der Waals surface area contributed by atoms with Crippen molar-refractivity contribution in [3.05, 3.63) is 72.8 Å². The van der Waals surface area contributed by atoms with Gasteiger partial charge in [-0.3, -0.25) is 60.7 Å². The Labute approximate surface area is 195 Å². The third-order valence-corrected chi connectivity index (χ3v) is 4.49. The number of aliphatic hydroxyl groups is 1. The van der Waals surface area contributed by atoms with Crippen molar-refractivity contribution < 1.29 is 39.4 Å². The average Bonchev–Trinajstić information content (AvgIpc) is 2.79. The predicted molar refractivity (Wildman–Crippen MR) is 114 cm³/mol. The molecule has 0 aliphatic heterocycles. The molecular weight excluding hydrogens is 502 g/mol. The van der Waals surface area contributed by atoms with Gasteiger partial charge in [-0.05, 0) is 0 Å². The third-order valence-electron chi connectivity index (χ3n) is 4.49. The van der Waals surface area contributed by atoms with Crippen LogP contribution >= 0.6 is 0 Å². The summed E-state index contributed by atoms with van der Waals surface area (Å²) in [7, 11) is 0.692. The summed E-state index contributed by atoms with van der Waals surface area (Å²) in [4.78, 5) is 62.0. The molecule has 0 heterocycles. The molecule has 190 valence electrons. The van der Waals surface area contributed by atoms with Crippen molar-refractivity contribution >= 4 is 39.8 Å². The van der Waals surface area contributed by atoms with Crippen LogP contribution in [0.2, 0.25) is 0 Å². The Kier molecular flexibility index (Phi) is 7.49. The molecule has 2 aromatic carbocycles.